The Balaban J connectivity index is 1.77. The van der Waals surface area contributed by atoms with E-state index in [0.29, 0.717) is 20.6 Å². The van der Waals surface area contributed by atoms with E-state index in [9.17, 15) is 9.59 Å². The van der Waals surface area contributed by atoms with Gasteiger partial charge in [-0.2, -0.15) is 0 Å². The molecule has 0 aliphatic carbocycles. The molecule has 1 atom stereocenters. The first-order valence-electron chi connectivity index (χ1n) is 10.2. The van der Waals surface area contributed by atoms with Gasteiger partial charge in [0.05, 0.1) is 29.0 Å². The van der Waals surface area contributed by atoms with E-state index in [-0.39, 0.29) is 5.56 Å². The van der Waals surface area contributed by atoms with Crippen molar-refractivity contribution in [2.75, 3.05) is 7.11 Å². The number of carbonyl (C=O) groups excluding carboxylic acids is 1. The van der Waals surface area contributed by atoms with Gasteiger partial charge in [0.15, 0.2) is 4.80 Å². The Kier molecular flexibility index (Phi) is 5.07. The Bertz CT molecular complexity index is 1560. The number of nitrogens with zero attached hydrogens (tertiary/aromatic N) is 2. The molecule has 0 unspecified atom stereocenters. The summed E-state index contributed by atoms with van der Waals surface area (Å²) in [5, 5.41) is 2.19. The van der Waals surface area contributed by atoms with Crippen LogP contribution in [0.2, 0.25) is 0 Å². The van der Waals surface area contributed by atoms with Crippen LogP contribution >= 0.6 is 11.3 Å². The Labute approximate surface area is 188 Å². The van der Waals surface area contributed by atoms with E-state index in [0.717, 1.165) is 21.9 Å². The third-order valence-corrected chi connectivity index (χ3v) is 6.64. The molecule has 1 aliphatic rings. The van der Waals surface area contributed by atoms with Gasteiger partial charge in [-0.25, -0.2) is 9.79 Å². The van der Waals surface area contributed by atoms with Crippen molar-refractivity contribution in [2.45, 2.75) is 13.0 Å². The number of thiazole rings is 1. The van der Waals surface area contributed by atoms with Crippen LogP contribution in [0.1, 0.15) is 24.1 Å². The van der Waals surface area contributed by atoms with Gasteiger partial charge in [-0.15, -0.1) is 0 Å². The average molecular weight is 441 g/mol. The van der Waals surface area contributed by atoms with E-state index < -0.39 is 12.0 Å². The van der Waals surface area contributed by atoms with Crippen LogP contribution in [0.25, 0.3) is 16.8 Å². The minimum atomic E-state index is -0.588. The predicted molar refractivity (Wildman–Crippen MR) is 126 cm³/mol. The fourth-order valence-electron chi connectivity index (χ4n) is 4.16. The number of allylic oxidation sites excluding steroid dienone is 1. The number of benzene rings is 3. The number of aromatic nitrogens is 1. The molecular weight excluding hydrogens is 420 g/mol. The first-order valence-corrected chi connectivity index (χ1v) is 11.0. The number of fused-ring (bicyclic) bond motifs is 2. The minimum Gasteiger partial charge on any atom is -0.466 e. The Morgan fingerprint density at radius 1 is 1.03 bits per heavy atom. The molecule has 1 aliphatic heterocycles. The van der Waals surface area contributed by atoms with Crippen molar-refractivity contribution < 1.29 is 9.53 Å². The van der Waals surface area contributed by atoms with Crippen LogP contribution in [-0.2, 0) is 9.53 Å². The third-order valence-electron chi connectivity index (χ3n) is 5.65. The fraction of sp³-hybridized carbons (Fsp3) is 0.115. The van der Waals surface area contributed by atoms with Gasteiger partial charge in [0.25, 0.3) is 5.56 Å². The second kappa shape index (κ2) is 8.05. The lowest BCUT2D eigenvalue weighted by molar-refractivity contribution is -0.136. The standard InChI is InChI=1S/C26H20N2O3S/c1-16-22(25(30)31-2)23(18-10-4-3-5-11-18)28-24(29)21(32-26(28)27-16)15-19-13-8-12-17-9-6-7-14-20(17)19/h3-15,23H,1-2H3/b21-15-/t23-/m0/s1. The van der Waals surface area contributed by atoms with Crippen molar-refractivity contribution >= 4 is 34.2 Å². The first kappa shape index (κ1) is 20.2. The van der Waals surface area contributed by atoms with Crippen LogP contribution in [0.15, 0.2) is 93.9 Å². The molecule has 158 valence electrons. The molecule has 0 spiro atoms. The van der Waals surface area contributed by atoms with Crippen molar-refractivity contribution in [3.8, 4) is 0 Å². The van der Waals surface area contributed by atoms with Crippen LogP contribution in [0, 0.1) is 0 Å². The number of rotatable bonds is 3. The highest BCUT2D eigenvalue weighted by Crippen LogP contribution is 2.30. The molecule has 0 fully saturated rings. The van der Waals surface area contributed by atoms with Crippen LogP contribution in [0.5, 0.6) is 0 Å². The van der Waals surface area contributed by atoms with Gasteiger partial charge in [0.1, 0.15) is 0 Å². The number of carbonyl (C=O) groups is 1. The Morgan fingerprint density at radius 2 is 1.75 bits per heavy atom. The summed E-state index contributed by atoms with van der Waals surface area (Å²) >= 11 is 1.33. The number of methoxy groups -OCH3 is 1. The highest BCUT2D eigenvalue weighted by atomic mass is 32.1. The largest absolute Gasteiger partial charge is 0.466 e. The maximum Gasteiger partial charge on any atom is 0.338 e. The van der Waals surface area contributed by atoms with E-state index >= 15 is 0 Å². The van der Waals surface area contributed by atoms with Crippen molar-refractivity contribution in [3.63, 3.8) is 0 Å². The van der Waals surface area contributed by atoms with Crippen LogP contribution in [0.4, 0.5) is 0 Å². The lowest BCUT2D eigenvalue weighted by Gasteiger charge is -2.24. The fourth-order valence-corrected chi connectivity index (χ4v) is 5.20. The van der Waals surface area contributed by atoms with Crippen LogP contribution in [-0.4, -0.2) is 17.6 Å². The maximum atomic E-state index is 13.6. The molecule has 2 heterocycles. The van der Waals surface area contributed by atoms with Crippen molar-refractivity contribution in [1.29, 1.82) is 0 Å². The van der Waals surface area contributed by atoms with Gasteiger partial charge in [0, 0.05) is 0 Å². The maximum absolute atomic E-state index is 13.6. The first-order chi connectivity index (χ1) is 15.6. The molecule has 0 saturated heterocycles. The monoisotopic (exact) mass is 440 g/mol. The van der Waals surface area contributed by atoms with Crippen molar-refractivity contribution in [3.05, 3.63) is 115 Å². The Hall–Kier alpha value is -3.77. The zero-order chi connectivity index (χ0) is 22.2. The van der Waals surface area contributed by atoms with Gasteiger partial charge < -0.3 is 4.74 Å². The normalized spacial score (nSPS) is 16.1. The van der Waals surface area contributed by atoms with E-state index in [1.807, 2.05) is 66.7 Å². The summed E-state index contributed by atoms with van der Waals surface area (Å²) in [4.78, 5) is 31.4. The van der Waals surface area contributed by atoms with Crippen LogP contribution in [0.3, 0.4) is 0 Å². The highest BCUT2D eigenvalue weighted by molar-refractivity contribution is 7.07. The summed E-state index contributed by atoms with van der Waals surface area (Å²) in [7, 11) is 1.34. The topological polar surface area (TPSA) is 60.7 Å². The second-order valence-electron chi connectivity index (χ2n) is 7.55. The predicted octanol–water partition coefficient (Wildman–Crippen LogP) is 3.56. The van der Waals surface area contributed by atoms with Crippen molar-refractivity contribution in [1.82, 2.24) is 4.57 Å². The number of esters is 1. The molecular formula is C26H20N2O3S. The van der Waals surface area contributed by atoms with Crippen LogP contribution < -0.4 is 14.9 Å². The van der Waals surface area contributed by atoms with Crippen molar-refractivity contribution in [2.24, 2.45) is 4.99 Å². The van der Waals surface area contributed by atoms with E-state index in [1.165, 1.54) is 18.4 Å². The number of hydrogen-bond acceptors (Lipinski definition) is 5. The van der Waals surface area contributed by atoms with Gasteiger partial charge in [-0.3, -0.25) is 9.36 Å². The summed E-state index contributed by atoms with van der Waals surface area (Å²) in [6, 6.07) is 23.0. The number of hydrogen-bond donors (Lipinski definition) is 0. The molecule has 0 saturated carbocycles. The molecule has 0 bridgehead atoms. The molecule has 1 aromatic heterocycles. The van der Waals surface area contributed by atoms with E-state index in [2.05, 4.69) is 17.1 Å². The SMILES string of the molecule is COC(=O)C1=C(C)N=c2s/c(=C\c3cccc4ccccc34)c(=O)n2[C@H]1c1ccccc1. The molecule has 0 N–H and O–H groups in total. The lowest BCUT2D eigenvalue weighted by atomic mass is 9.96. The summed E-state index contributed by atoms with van der Waals surface area (Å²) in [5.74, 6) is -0.483. The lowest BCUT2D eigenvalue weighted by Crippen LogP contribution is -2.39. The summed E-state index contributed by atoms with van der Waals surface area (Å²) in [6.07, 6.45) is 1.91. The van der Waals surface area contributed by atoms with Gasteiger partial charge >= 0.3 is 5.97 Å². The van der Waals surface area contributed by atoms with Gasteiger partial charge in [-0.05, 0) is 34.9 Å². The van der Waals surface area contributed by atoms with E-state index in [1.54, 1.807) is 11.5 Å². The summed E-state index contributed by atoms with van der Waals surface area (Å²) in [5.41, 5.74) is 2.56. The smallest absolute Gasteiger partial charge is 0.338 e. The second-order valence-corrected chi connectivity index (χ2v) is 8.56. The number of ether oxygens (including phenoxy) is 1. The zero-order valence-corrected chi connectivity index (χ0v) is 18.4. The quantitative estimate of drug-likeness (QED) is 0.458. The molecule has 32 heavy (non-hydrogen) atoms. The summed E-state index contributed by atoms with van der Waals surface area (Å²) in [6.45, 7) is 1.78. The van der Waals surface area contributed by atoms with Gasteiger partial charge in [0.2, 0.25) is 0 Å². The molecule has 4 aromatic rings. The molecule has 6 heteroatoms. The van der Waals surface area contributed by atoms with E-state index in [4.69, 9.17) is 4.74 Å². The minimum absolute atomic E-state index is 0.176. The third kappa shape index (κ3) is 3.29. The highest BCUT2D eigenvalue weighted by Gasteiger charge is 2.32. The molecule has 3 aromatic carbocycles. The Morgan fingerprint density at radius 3 is 2.53 bits per heavy atom. The molecule has 0 radical (unpaired) electrons. The molecule has 0 amide bonds. The average Bonchev–Trinajstić information content (AvgIpc) is 3.13. The zero-order valence-electron chi connectivity index (χ0n) is 17.6. The van der Waals surface area contributed by atoms with Gasteiger partial charge in [-0.1, -0.05) is 84.1 Å². The molecule has 5 rings (SSSR count). The molecule has 5 nitrogen and oxygen atoms in total. The summed E-state index contributed by atoms with van der Waals surface area (Å²) < 4.78 is 7.22.